The van der Waals surface area contributed by atoms with Crippen LogP contribution in [0.2, 0.25) is 5.02 Å². The smallest absolute Gasteiger partial charge is 0.272 e. The van der Waals surface area contributed by atoms with E-state index in [4.69, 9.17) is 11.6 Å². The van der Waals surface area contributed by atoms with Gasteiger partial charge in [-0.25, -0.2) is 4.98 Å². The van der Waals surface area contributed by atoms with Crippen LogP contribution in [0, 0.1) is 5.92 Å². The summed E-state index contributed by atoms with van der Waals surface area (Å²) in [6, 6.07) is 7.20. The zero-order chi connectivity index (χ0) is 16.1. The highest BCUT2D eigenvalue weighted by Gasteiger charge is 2.28. The molecule has 22 heavy (non-hydrogen) atoms. The van der Waals surface area contributed by atoms with Crippen LogP contribution >= 0.6 is 11.6 Å². The summed E-state index contributed by atoms with van der Waals surface area (Å²) >= 11 is 5.84. The van der Waals surface area contributed by atoms with Crippen molar-refractivity contribution in [2.24, 2.45) is 5.92 Å². The van der Waals surface area contributed by atoms with Gasteiger partial charge in [0, 0.05) is 25.1 Å². The molecular formula is C17H20ClN3O. The van der Waals surface area contributed by atoms with Gasteiger partial charge < -0.3 is 4.90 Å². The maximum Gasteiger partial charge on any atom is 0.272 e. The molecule has 0 fully saturated rings. The van der Waals surface area contributed by atoms with Crippen LogP contribution in [0.4, 0.5) is 0 Å². The van der Waals surface area contributed by atoms with Crippen molar-refractivity contribution in [1.29, 1.82) is 0 Å². The highest BCUT2D eigenvalue weighted by molar-refractivity contribution is 6.30. The summed E-state index contributed by atoms with van der Waals surface area (Å²) < 4.78 is 0. The molecule has 0 saturated heterocycles. The van der Waals surface area contributed by atoms with E-state index < -0.39 is 0 Å². The summed E-state index contributed by atoms with van der Waals surface area (Å²) in [5, 5.41) is 0.521. The van der Waals surface area contributed by atoms with Crippen molar-refractivity contribution in [3.8, 4) is 0 Å². The third-order valence-corrected chi connectivity index (χ3v) is 3.76. The molecule has 2 heterocycles. The van der Waals surface area contributed by atoms with Gasteiger partial charge in [0.2, 0.25) is 0 Å². The molecule has 0 unspecified atom stereocenters. The van der Waals surface area contributed by atoms with Crippen LogP contribution in [0.5, 0.6) is 0 Å². The van der Waals surface area contributed by atoms with Crippen molar-refractivity contribution in [1.82, 2.24) is 14.9 Å². The number of halogens is 1. The highest BCUT2D eigenvalue weighted by atomic mass is 35.5. The van der Waals surface area contributed by atoms with E-state index in [9.17, 15) is 4.79 Å². The topological polar surface area (TPSA) is 46.1 Å². The van der Waals surface area contributed by atoms with Crippen molar-refractivity contribution in [3.63, 3.8) is 0 Å². The average Bonchev–Trinajstić information content (AvgIpc) is 2.53. The van der Waals surface area contributed by atoms with Gasteiger partial charge in [0.15, 0.2) is 0 Å². The van der Waals surface area contributed by atoms with Crippen LogP contribution in [0.25, 0.3) is 0 Å². The molecule has 0 saturated carbocycles. The number of hydrogen-bond donors (Lipinski definition) is 0. The van der Waals surface area contributed by atoms with Gasteiger partial charge in [0.1, 0.15) is 5.69 Å². The molecule has 2 aromatic heterocycles. The first-order chi connectivity index (χ1) is 10.5. The number of aromatic nitrogens is 2. The first-order valence-electron chi connectivity index (χ1n) is 7.37. The zero-order valence-electron chi connectivity index (χ0n) is 13.0. The minimum Gasteiger partial charge on any atom is -0.330 e. The van der Waals surface area contributed by atoms with E-state index in [1.54, 1.807) is 18.3 Å². The molecule has 2 rings (SSSR count). The molecule has 0 radical (unpaired) electrons. The van der Waals surface area contributed by atoms with E-state index in [1.165, 1.54) is 6.20 Å². The Morgan fingerprint density at radius 3 is 2.55 bits per heavy atom. The number of carbonyl (C=O) groups excluding carboxylic acids is 1. The second-order valence-electron chi connectivity index (χ2n) is 5.43. The van der Waals surface area contributed by atoms with E-state index in [1.807, 2.05) is 30.2 Å². The lowest BCUT2D eigenvalue weighted by molar-refractivity contribution is 0.0630. The van der Waals surface area contributed by atoms with Gasteiger partial charge in [0.05, 0.1) is 11.1 Å². The van der Waals surface area contributed by atoms with Crippen LogP contribution in [-0.2, 0) is 0 Å². The number of rotatable bonds is 5. The summed E-state index contributed by atoms with van der Waals surface area (Å²) in [4.78, 5) is 23.0. The third kappa shape index (κ3) is 3.63. The monoisotopic (exact) mass is 317 g/mol. The number of hydrogen-bond acceptors (Lipinski definition) is 3. The van der Waals surface area contributed by atoms with E-state index in [0.29, 0.717) is 17.3 Å². The Hall–Kier alpha value is -1.94. The lowest BCUT2D eigenvalue weighted by Crippen LogP contribution is -2.37. The Kier molecular flexibility index (Phi) is 5.50. The molecule has 1 amide bonds. The van der Waals surface area contributed by atoms with Crippen molar-refractivity contribution in [2.75, 3.05) is 6.54 Å². The molecule has 2 aromatic rings. The standard InChI is InChI=1S/C17H20ClN3O/c1-4-21(17(22)15-8-7-14(18)11-20-15)16(12(2)3)13-6-5-9-19-10-13/h5-12,16H,4H2,1-3H3/t16-/m1/s1. The van der Waals surface area contributed by atoms with Crippen molar-refractivity contribution in [2.45, 2.75) is 26.8 Å². The molecule has 4 nitrogen and oxygen atoms in total. The Morgan fingerprint density at radius 2 is 2.05 bits per heavy atom. The second-order valence-corrected chi connectivity index (χ2v) is 5.86. The predicted octanol–water partition coefficient (Wildman–Crippen LogP) is 3.99. The molecule has 0 aliphatic heterocycles. The summed E-state index contributed by atoms with van der Waals surface area (Å²) in [6.45, 7) is 6.77. The van der Waals surface area contributed by atoms with Gasteiger partial charge in [-0.2, -0.15) is 0 Å². The maximum atomic E-state index is 12.8. The van der Waals surface area contributed by atoms with E-state index in [2.05, 4.69) is 23.8 Å². The molecule has 0 bridgehead atoms. The summed E-state index contributed by atoms with van der Waals surface area (Å²) in [5.41, 5.74) is 1.43. The van der Waals surface area contributed by atoms with Crippen LogP contribution in [-0.4, -0.2) is 27.3 Å². The molecule has 0 aromatic carbocycles. The van der Waals surface area contributed by atoms with Crippen LogP contribution in [0.15, 0.2) is 42.9 Å². The number of pyridine rings is 2. The molecule has 116 valence electrons. The number of carbonyl (C=O) groups is 1. The van der Waals surface area contributed by atoms with E-state index in [-0.39, 0.29) is 17.9 Å². The molecule has 0 spiro atoms. The van der Waals surface area contributed by atoms with Crippen LogP contribution in [0.1, 0.15) is 42.9 Å². The SMILES string of the molecule is CCN(C(=O)c1ccc(Cl)cn1)[C@@H](c1cccnc1)C(C)C. The molecule has 0 N–H and O–H groups in total. The van der Waals surface area contributed by atoms with Crippen molar-refractivity contribution < 1.29 is 4.79 Å². The summed E-state index contributed by atoms with van der Waals surface area (Å²) in [7, 11) is 0. The Morgan fingerprint density at radius 1 is 1.27 bits per heavy atom. The minimum atomic E-state index is -0.0956. The van der Waals surface area contributed by atoms with Crippen LogP contribution < -0.4 is 0 Å². The quantitative estimate of drug-likeness (QED) is 0.837. The molecule has 0 aliphatic rings. The largest absolute Gasteiger partial charge is 0.330 e. The van der Waals surface area contributed by atoms with Gasteiger partial charge in [0.25, 0.3) is 5.91 Å². The minimum absolute atomic E-state index is 0.0383. The van der Waals surface area contributed by atoms with Gasteiger partial charge in [-0.1, -0.05) is 31.5 Å². The molecule has 0 aliphatic carbocycles. The molecular weight excluding hydrogens is 298 g/mol. The molecule has 5 heteroatoms. The lowest BCUT2D eigenvalue weighted by Gasteiger charge is -2.33. The van der Waals surface area contributed by atoms with Crippen LogP contribution in [0.3, 0.4) is 0 Å². The Balaban J connectivity index is 2.35. The van der Waals surface area contributed by atoms with Gasteiger partial charge in [-0.05, 0) is 36.6 Å². The van der Waals surface area contributed by atoms with Gasteiger partial charge in [-0.3, -0.25) is 9.78 Å². The second kappa shape index (κ2) is 7.36. The summed E-state index contributed by atoms with van der Waals surface area (Å²) in [5.74, 6) is 0.169. The van der Waals surface area contributed by atoms with Gasteiger partial charge >= 0.3 is 0 Å². The third-order valence-electron chi connectivity index (χ3n) is 3.54. The average molecular weight is 318 g/mol. The van der Waals surface area contributed by atoms with Crippen molar-refractivity contribution in [3.05, 3.63) is 59.1 Å². The van der Waals surface area contributed by atoms with E-state index >= 15 is 0 Å². The highest BCUT2D eigenvalue weighted by Crippen LogP contribution is 2.29. The molecule has 1 atom stereocenters. The summed E-state index contributed by atoms with van der Waals surface area (Å²) in [6.07, 6.45) is 5.05. The normalized spacial score (nSPS) is 12.2. The fourth-order valence-electron chi connectivity index (χ4n) is 2.59. The number of amides is 1. The first kappa shape index (κ1) is 16.4. The first-order valence-corrected chi connectivity index (χ1v) is 7.74. The van der Waals surface area contributed by atoms with Gasteiger partial charge in [-0.15, -0.1) is 0 Å². The fraction of sp³-hybridized carbons (Fsp3) is 0.353. The van der Waals surface area contributed by atoms with E-state index in [0.717, 1.165) is 5.56 Å². The Bertz CT molecular complexity index is 614. The maximum absolute atomic E-state index is 12.8. The predicted molar refractivity (Wildman–Crippen MR) is 87.8 cm³/mol. The lowest BCUT2D eigenvalue weighted by atomic mass is 9.95. The Labute approximate surface area is 136 Å². The van der Waals surface area contributed by atoms with Crippen molar-refractivity contribution >= 4 is 17.5 Å². The number of nitrogens with zero attached hydrogens (tertiary/aromatic N) is 3. The fourth-order valence-corrected chi connectivity index (χ4v) is 2.70. The zero-order valence-corrected chi connectivity index (χ0v) is 13.8.